The third-order valence-electron chi connectivity index (χ3n) is 4.35. The normalized spacial score (nSPS) is 17.8. The van der Waals surface area contributed by atoms with Crippen LogP contribution < -0.4 is 5.32 Å². The zero-order chi connectivity index (χ0) is 16.9. The minimum atomic E-state index is -0.422. The molecule has 0 aromatic heterocycles. The zero-order valence-electron chi connectivity index (χ0n) is 14.9. The minimum Gasteiger partial charge on any atom is -0.444 e. The van der Waals surface area contributed by atoms with Crippen molar-refractivity contribution in [2.24, 2.45) is 5.41 Å². The van der Waals surface area contributed by atoms with Crippen LogP contribution in [0.15, 0.2) is 30.3 Å². The molecule has 4 nitrogen and oxygen atoms in total. The number of ether oxygens (including phenoxy) is 1. The molecular formula is C19H30N2O2. The molecule has 23 heavy (non-hydrogen) atoms. The highest BCUT2D eigenvalue weighted by Crippen LogP contribution is 2.30. The van der Waals surface area contributed by atoms with Crippen molar-refractivity contribution in [2.75, 3.05) is 19.6 Å². The lowest BCUT2D eigenvalue weighted by atomic mass is 9.80. The number of nitrogens with one attached hydrogen (secondary N) is 1. The Kier molecular flexibility index (Phi) is 5.69. The topological polar surface area (TPSA) is 41.6 Å². The Morgan fingerprint density at radius 2 is 1.83 bits per heavy atom. The van der Waals surface area contributed by atoms with E-state index >= 15 is 0 Å². The summed E-state index contributed by atoms with van der Waals surface area (Å²) in [4.78, 5) is 13.9. The molecule has 0 atom stereocenters. The first-order valence-corrected chi connectivity index (χ1v) is 8.50. The number of nitrogens with zero attached hydrogens (tertiary/aromatic N) is 1. The Morgan fingerprint density at radius 3 is 2.39 bits per heavy atom. The molecule has 1 aliphatic rings. The molecule has 1 aromatic rings. The second-order valence-corrected chi connectivity index (χ2v) is 7.87. The van der Waals surface area contributed by atoms with Gasteiger partial charge in [-0.2, -0.15) is 0 Å². The van der Waals surface area contributed by atoms with Gasteiger partial charge in [0.1, 0.15) is 5.60 Å². The second-order valence-electron chi connectivity index (χ2n) is 7.87. The number of piperidine rings is 1. The number of benzene rings is 1. The van der Waals surface area contributed by atoms with E-state index in [1.165, 1.54) is 5.56 Å². The second kappa shape index (κ2) is 7.35. The highest BCUT2D eigenvalue weighted by molar-refractivity contribution is 5.68. The van der Waals surface area contributed by atoms with Gasteiger partial charge in [-0.25, -0.2) is 4.79 Å². The van der Waals surface area contributed by atoms with Gasteiger partial charge in [-0.3, -0.25) is 0 Å². The molecule has 1 saturated heterocycles. The van der Waals surface area contributed by atoms with Gasteiger partial charge in [-0.05, 0) is 44.6 Å². The average Bonchev–Trinajstić information content (AvgIpc) is 2.47. The van der Waals surface area contributed by atoms with Crippen LogP contribution >= 0.6 is 0 Å². The zero-order valence-corrected chi connectivity index (χ0v) is 14.9. The van der Waals surface area contributed by atoms with E-state index in [1.807, 2.05) is 31.7 Å². The number of carbonyl (C=O) groups excluding carboxylic acids is 1. The SMILES string of the molecule is CC1(CNCc2ccccc2)CCN(C(=O)OC(C)(C)C)CC1. The lowest BCUT2D eigenvalue weighted by Gasteiger charge is -2.40. The van der Waals surface area contributed by atoms with E-state index in [0.29, 0.717) is 0 Å². The van der Waals surface area contributed by atoms with E-state index in [2.05, 4.69) is 36.5 Å². The number of hydrogen-bond acceptors (Lipinski definition) is 3. The quantitative estimate of drug-likeness (QED) is 0.918. The maximum Gasteiger partial charge on any atom is 0.410 e. The molecule has 1 fully saturated rings. The number of rotatable bonds is 4. The van der Waals surface area contributed by atoms with Crippen molar-refractivity contribution in [3.63, 3.8) is 0 Å². The molecule has 1 aliphatic heterocycles. The number of likely N-dealkylation sites (tertiary alicyclic amines) is 1. The summed E-state index contributed by atoms with van der Waals surface area (Å²) in [6.45, 7) is 11.5. The summed E-state index contributed by atoms with van der Waals surface area (Å²) in [5, 5.41) is 3.56. The highest BCUT2D eigenvalue weighted by Gasteiger charge is 2.33. The third kappa shape index (κ3) is 5.87. The molecule has 1 N–H and O–H groups in total. The lowest BCUT2D eigenvalue weighted by molar-refractivity contribution is 0.0119. The Balaban J connectivity index is 1.75. The maximum absolute atomic E-state index is 12.1. The van der Waals surface area contributed by atoms with Crippen molar-refractivity contribution >= 4 is 6.09 Å². The fourth-order valence-electron chi connectivity index (χ4n) is 2.84. The summed E-state index contributed by atoms with van der Waals surface area (Å²) < 4.78 is 5.46. The third-order valence-corrected chi connectivity index (χ3v) is 4.35. The first-order valence-electron chi connectivity index (χ1n) is 8.50. The van der Waals surface area contributed by atoms with Gasteiger partial charge in [-0.1, -0.05) is 37.3 Å². The van der Waals surface area contributed by atoms with Gasteiger partial charge in [0.05, 0.1) is 0 Å². The summed E-state index contributed by atoms with van der Waals surface area (Å²) in [5.74, 6) is 0. The molecule has 128 valence electrons. The summed E-state index contributed by atoms with van der Waals surface area (Å²) in [6, 6.07) is 10.5. The van der Waals surface area contributed by atoms with Crippen LogP contribution in [-0.2, 0) is 11.3 Å². The van der Waals surface area contributed by atoms with Crippen molar-refractivity contribution in [1.82, 2.24) is 10.2 Å². The van der Waals surface area contributed by atoms with Crippen molar-refractivity contribution in [3.8, 4) is 0 Å². The van der Waals surface area contributed by atoms with Gasteiger partial charge >= 0.3 is 6.09 Å². The van der Waals surface area contributed by atoms with Crippen LogP contribution in [0.4, 0.5) is 4.79 Å². The molecular weight excluding hydrogens is 288 g/mol. The fourth-order valence-corrected chi connectivity index (χ4v) is 2.84. The van der Waals surface area contributed by atoms with Crippen molar-refractivity contribution < 1.29 is 9.53 Å². The fraction of sp³-hybridized carbons (Fsp3) is 0.632. The Morgan fingerprint density at radius 1 is 1.22 bits per heavy atom. The van der Waals surface area contributed by atoms with Gasteiger partial charge in [0.15, 0.2) is 0 Å². The molecule has 0 spiro atoms. The van der Waals surface area contributed by atoms with Gasteiger partial charge in [-0.15, -0.1) is 0 Å². The number of carbonyl (C=O) groups is 1. The van der Waals surface area contributed by atoms with Gasteiger partial charge in [0.25, 0.3) is 0 Å². The first kappa shape index (κ1) is 17.8. The minimum absolute atomic E-state index is 0.184. The predicted molar refractivity (Wildman–Crippen MR) is 93.3 cm³/mol. The molecule has 0 unspecified atom stereocenters. The summed E-state index contributed by atoms with van der Waals surface area (Å²) in [7, 11) is 0. The first-order chi connectivity index (χ1) is 10.8. The van der Waals surface area contributed by atoms with Crippen molar-refractivity contribution in [3.05, 3.63) is 35.9 Å². The Labute approximate surface area is 140 Å². The van der Waals surface area contributed by atoms with Crippen LogP contribution in [0.3, 0.4) is 0 Å². The van der Waals surface area contributed by atoms with E-state index < -0.39 is 5.60 Å². The molecule has 4 heteroatoms. The summed E-state index contributed by atoms with van der Waals surface area (Å²) in [6.07, 6.45) is 1.83. The molecule has 0 bridgehead atoms. The van der Waals surface area contributed by atoms with E-state index in [9.17, 15) is 4.79 Å². The lowest BCUT2D eigenvalue weighted by Crippen LogP contribution is -2.47. The van der Waals surface area contributed by atoms with E-state index in [-0.39, 0.29) is 11.5 Å². The number of amides is 1. The monoisotopic (exact) mass is 318 g/mol. The van der Waals surface area contributed by atoms with Crippen LogP contribution in [-0.4, -0.2) is 36.2 Å². The van der Waals surface area contributed by atoms with Crippen LogP contribution in [0.1, 0.15) is 46.1 Å². The summed E-state index contributed by atoms with van der Waals surface area (Å²) in [5.41, 5.74) is 1.13. The largest absolute Gasteiger partial charge is 0.444 e. The Bertz CT molecular complexity index is 500. The van der Waals surface area contributed by atoms with Gasteiger partial charge in [0, 0.05) is 26.2 Å². The molecule has 1 amide bonds. The molecule has 1 heterocycles. The molecule has 2 rings (SSSR count). The highest BCUT2D eigenvalue weighted by atomic mass is 16.6. The van der Waals surface area contributed by atoms with Crippen LogP contribution in [0.5, 0.6) is 0 Å². The van der Waals surface area contributed by atoms with E-state index in [1.54, 1.807) is 0 Å². The predicted octanol–water partition coefficient (Wildman–Crippen LogP) is 3.81. The van der Waals surface area contributed by atoms with Crippen molar-refractivity contribution in [2.45, 2.75) is 52.7 Å². The smallest absolute Gasteiger partial charge is 0.410 e. The van der Waals surface area contributed by atoms with Crippen LogP contribution in [0.2, 0.25) is 0 Å². The molecule has 0 radical (unpaired) electrons. The summed E-state index contributed by atoms with van der Waals surface area (Å²) >= 11 is 0. The molecule has 0 aliphatic carbocycles. The standard InChI is InChI=1S/C19H30N2O2/c1-18(2,3)23-17(22)21-12-10-19(4,11-13-21)15-20-14-16-8-6-5-7-9-16/h5-9,20H,10-15H2,1-4H3. The van der Waals surface area contributed by atoms with Crippen LogP contribution in [0, 0.1) is 5.41 Å². The molecule has 0 saturated carbocycles. The Hall–Kier alpha value is -1.55. The van der Waals surface area contributed by atoms with Gasteiger partial charge < -0.3 is 15.0 Å². The van der Waals surface area contributed by atoms with Gasteiger partial charge in [0.2, 0.25) is 0 Å². The molecule has 1 aromatic carbocycles. The van der Waals surface area contributed by atoms with Crippen molar-refractivity contribution in [1.29, 1.82) is 0 Å². The maximum atomic E-state index is 12.1. The van der Waals surface area contributed by atoms with E-state index in [4.69, 9.17) is 4.74 Å². The number of hydrogen-bond donors (Lipinski definition) is 1. The average molecular weight is 318 g/mol. The van der Waals surface area contributed by atoms with Crippen LogP contribution in [0.25, 0.3) is 0 Å². The van der Waals surface area contributed by atoms with E-state index in [0.717, 1.165) is 39.0 Å².